The predicted molar refractivity (Wildman–Crippen MR) is 75.9 cm³/mol. The van der Waals surface area contributed by atoms with Gasteiger partial charge in [-0.15, -0.1) is 0 Å². The van der Waals surface area contributed by atoms with Gasteiger partial charge in [-0.2, -0.15) is 13.2 Å². The maximum atomic E-state index is 12.9. The van der Waals surface area contributed by atoms with E-state index in [1.807, 2.05) is 30.3 Å². The van der Waals surface area contributed by atoms with E-state index >= 15 is 0 Å². The van der Waals surface area contributed by atoms with E-state index in [1.165, 1.54) is 17.8 Å². The van der Waals surface area contributed by atoms with Gasteiger partial charge in [0.2, 0.25) is 0 Å². The van der Waals surface area contributed by atoms with Crippen molar-refractivity contribution in [3.8, 4) is 0 Å². The lowest BCUT2D eigenvalue weighted by molar-refractivity contribution is -0.137. The maximum absolute atomic E-state index is 12.9. The highest BCUT2D eigenvalue weighted by Gasteiger charge is 2.34. The Morgan fingerprint density at radius 1 is 0.900 bits per heavy atom. The lowest BCUT2D eigenvalue weighted by Crippen LogP contribution is -2.06. The Kier molecular flexibility index (Phi) is 3.30. The van der Waals surface area contributed by atoms with E-state index in [-0.39, 0.29) is 5.02 Å². The fourth-order valence-corrected chi connectivity index (χ4v) is 3.35. The molecule has 1 aliphatic heterocycles. The first-order valence-corrected chi connectivity index (χ1v) is 7.00. The Labute approximate surface area is 123 Å². The van der Waals surface area contributed by atoms with Crippen molar-refractivity contribution in [1.82, 2.24) is 0 Å². The molecule has 2 aromatic rings. The summed E-state index contributed by atoms with van der Waals surface area (Å²) in [5.41, 5.74) is 0.890. The first kappa shape index (κ1) is 13.6. The summed E-state index contributed by atoms with van der Waals surface area (Å²) in [6.07, 6.45) is -0.764. The zero-order valence-corrected chi connectivity index (χ0v) is 11.6. The van der Waals surface area contributed by atoms with Gasteiger partial charge in [0.15, 0.2) is 0 Å². The van der Waals surface area contributed by atoms with Gasteiger partial charge >= 0.3 is 6.18 Å². The Hall–Kier alpha value is -1.39. The zero-order chi connectivity index (χ0) is 14.3. The third-order valence-electron chi connectivity index (χ3n) is 2.99. The molecular formula is C15H8ClF3S. The van der Waals surface area contributed by atoms with Crippen LogP contribution in [0.3, 0.4) is 0 Å². The molecule has 102 valence electrons. The first-order chi connectivity index (χ1) is 9.45. The average molecular weight is 313 g/mol. The van der Waals surface area contributed by atoms with Gasteiger partial charge in [0.05, 0.1) is 10.6 Å². The second-order valence-electron chi connectivity index (χ2n) is 4.34. The highest BCUT2D eigenvalue weighted by Crippen LogP contribution is 2.43. The molecule has 20 heavy (non-hydrogen) atoms. The SMILES string of the molecule is FC(F)(F)c1cc2c(cc1Cl)C=Cc1ccccc1S2. The fraction of sp³-hybridized carbons (Fsp3) is 0.0667. The van der Waals surface area contributed by atoms with Gasteiger partial charge in [-0.1, -0.05) is 53.7 Å². The van der Waals surface area contributed by atoms with Crippen LogP contribution in [-0.4, -0.2) is 0 Å². The van der Waals surface area contributed by atoms with Crippen molar-refractivity contribution in [2.75, 3.05) is 0 Å². The molecule has 1 aliphatic rings. The van der Waals surface area contributed by atoms with Gasteiger partial charge < -0.3 is 0 Å². The van der Waals surface area contributed by atoms with E-state index in [0.29, 0.717) is 10.5 Å². The monoisotopic (exact) mass is 312 g/mol. The molecule has 0 amide bonds. The Bertz CT molecular complexity index is 705. The van der Waals surface area contributed by atoms with Crippen LogP contribution in [0.1, 0.15) is 16.7 Å². The van der Waals surface area contributed by atoms with E-state index in [1.54, 1.807) is 6.08 Å². The molecule has 0 unspecified atom stereocenters. The second-order valence-corrected chi connectivity index (χ2v) is 5.83. The third kappa shape index (κ3) is 2.45. The number of rotatable bonds is 0. The van der Waals surface area contributed by atoms with Crippen LogP contribution in [0.25, 0.3) is 12.2 Å². The van der Waals surface area contributed by atoms with Crippen molar-refractivity contribution < 1.29 is 13.2 Å². The molecule has 2 aromatic carbocycles. The summed E-state index contributed by atoms with van der Waals surface area (Å²) in [6.45, 7) is 0. The zero-order valence-electron chi connectivity index (χ0n) is 10.0. The summed E-state index contributed by atoms with van der Waals surface area (Å²) < 4.78 is 38.7. The van der Waals surface area contributed by atoms with Crippen molar-refractivity contribution >= 4 is 35.5 Å². The fourth-order valence-electron chi connectivity index (χ4n) is 2.01. The molecule has 0 saturated heterocycles. The van der Waals surface area contributed by atoms with Crippen molar-refractivity contribution in [1.29, 1.82) is 0 Å². The lowest BCUT2D eigenvalue weighted by atomic mass is 10.1. The highest BCUT2D eigenvalue weighted by molar-refractivity contribution is 7.99. The van der Waals surface area contributed by atoms with E-state index in [9.17, 15) is 13.2 Å². The summed E-state index contributed by atoms with van der Waals surface area (Å²) in [7, 11) is 0. The number of halogens is 4. The van der Waals surface area contributed by atoms with E-state index in [4.69, 9.17) is 11.6 Å². The normalized spacial score (nSPS) is 13.6. The van der Waals surface area contributed by atoms with Crippen LogP contribution in [-0.2, 0) is 6.18 Å². The molecule has 1 heterocycles. The summed E-state index contributed by atoms with van der Waals surface area (Å²) in [5, 5.41) is -0.271. The van der Waals surface area contributed by atoms with Gasteiger partial charge in [-0.3, -0.25) is 0 Å². The number of fused-ring (bicyclic) bond motifs is 2. The summed E-state index contributed by atoms with van der Waals surface area (Å²) in [6, 6.07) is 10.1. The molecule has 0 atom stereocenters. The molecule has 0 aromatic heterocycles. The topological polar surface area (TPSA) is 0 Å². The molecule has 3 rings (SSSR count). The quantitative estimate of drug-likeness (QED) is 0.491. The Balaban J connectivity index is 2.16. The van der Waals surface area contributed by atoms with Gasteiger partial charge in [0.25, 0.3) is 0 Å². The molecular weight excluding hydrogens is 305 g/mol. The Morgan fingerprint density at radius 3 is 2.35 bits per heavy atom. The smallest absolute Gasteiger partial charge is 0.166 e. The lowest BCUT2D eigenvalue weighted by Gasteiger charge is -2.13. The van der Waals surface area contributed by atoms with Crippen molar-refractivity contribution in [3.05, 3.63) is 58.1 Å². The first-order valence-electron chi connectivity index (χ1n) is 5.81. The average Bonchev–Trinajstić information content (AvgIpc) is 2.55. The van der Waals surface area contributed by atoms with Crippen LogP contribution >= 0.6 is 23.4 Å². The summed E-state index contributed by atoms with van der Waals surface area (Å²) in [5.74, 6) is 0. The molecule has 0 fully saturated rings. The van der Waals surface area contributed by atoms with Gasteiger partial charge in [-0.05, 0) is 29.3 Å². The number of hydrogen-bond acceptors (Lipinski definition) is 1. The highest BCUT2D eigenvalue weighted by atomic mass is 35.5. The molecule has 0 radical (unpaired) electrons. The molecule has 0 aliphatic carbocycles. The van der Waals surface area contributed by atoms with Crippen LogP contribution < -0.4 is 0 Å². The molecule has 0 spiro atoms. The number of benzene rings is 2. The molecule has 5 heteroatoms. The third-order valence-corrected chi connectivity index (χ3v) is 4.46. The van der Waals surface area contributed by atoms with Crippen LogP contribution in [0.15, 0.2) is 46.2 Å². The van der Waals surface area contributed by atoms with E-state index in [0.717, 1.165) is 16.5 Å². The minimum absolute atomic E-state index is 0.271. The molecule has 0 nitrogen and oxygen atoms in total. The summed E-state index contributed by atoms with van der Waals surface area (Å²) in [4.78, 5) is 1.49. The number of alkyl halides is 3. The van der Waals surface area contributed by atoms with Crippen molar-refractivity contribution in [2.45, 2.75) is 16.0 Å². The second kappa shape index (κ2) is 4.86. The minimum Gasteiger partial charge on any atom is -0.166 e. The van der Waals surface area contributed by atoms with Gasteiger partial charge in [0.1, 0.15) is 0 Å². The van der Waals surface area contributed by atoms with Crippen molar-refractivity contribution in [2.24, 2.45) is 0 Å². The molecule has 0 saturated carbocycles. The minimum atomic E-state index is -4.44. The van der Waals surface area contributed by atoms with Crippen LogP contribution in [0, 0.1) is 0 Å². The van der Waals surface area contributed by atoms with Crippen LogP contribution in [0.5, 0.6) is 0 Å². The number of hydrogen-bond donors (Lipinski definition) is 0. The van der Waals surface area contributed by atoms with E-state index in [2.05, 4.69) is 0 Å². The summed E-state index contributed by atoms with van der Waals surface area (Å²) >= 11 is 7.07. The largest absolute Gasteiger partial charge is 0.417 e. The van der Waals surface area contributed by atoms with Gasteiger partial charge in [-0.25, -0.2) is 0 Å². The van der Waals surface area contributed by atoms with Crippen LogP contribution in [0.4, 0.5) is 13.2 Å². The standard InChI is InChI=1S/C15H8ClF3S/c16-12-7-10-6-5-9-3-1-2-4-13(9)20-14(10)8-11(12)15(17,18)19/h1-8H. The molecule has 0 N–H and O–H groups in total. The Morgan fingerprint density at radius 2 is 1.60 bits per heavy atom. The van der Waals surface area contributed by atoms with Crippen LogP contribution in [0.2, 0.25) is 5.02 Å². The van der Waals surface area contributed by atoms with Crippen molar-refractivity contribution in [3.63, 3.8) is 0 Å². The molecule has 0 bridgehead atoms. The predicted octanol–water partition coefficient (Wildman–Crippen LogP) is 5.99. The maximum Gasteiger partial charge on any atom is 0.417 e. The van der Waals surface area contributed by atoms with E-state index < -0.39 is 11.7 Å². The van der Waals surface area contributed by atoms with Gasteiger partial charge in [0, 0.05) is 9.79 Å².